The minimum absolute atomic E-state index is 0.0178. The van der Waals surface area contributed by atoms with Crippen molar-refractivity contribution in [3.8, 4) is 0 Å². The van der Waals surface area contributed by atoms with E-state index in [4.69, 9.17) is 4.74 Å². The molecule has 0 spiro atoms. The molecule has 0 bridgehead atoms. The molecule has 0 aromatic carbocycles. The second kappa shape index (κ2) is 75.8. The molecule has 0 aliphatic carbocycles. The largest absolute Gasteiger partial charge is 0.466 e. The molecule has 1 amide bonds. The number of hydrogen-bond acceptors (Lipinski definition) is 5. The number of esters is 1. The predicted molar refractivity (Wildman–Crippen MR) is 380 cm³/mol. The monoisotopic (exact) mass is 1210 g/mol. The van der Waals surface area contributed by atoms with Gasteiger partial charge in [0.15, 0.2) is 0 Å². The summed E-state index contributed by atoms with van der Waals surface area (Å²) in [5.41, 5.74) is 0. The predicted octanol–water partition coefficient (Wildman–Crippen LogP) is 26.0. The maximum Gasteiger partial charge on any atom is 0.305 e. The molecule has 6 heteroatoms. The van der Waals surface area contributed by atoms with Crippen molar-refractivity contribution >= 4 is 11.9 Å². The van der Waals surface area contributed by atoms with Crippen LogP contribution in [0.5, 0.6) is 0 Å². The van der Waals surface area contributed by atoms with Crippen molar-refractivity contribution in [2.45, 2.75) is 463 Å². The standard InChI is InChI=1S/C80H155NO5/c1-3-5-7-9-11-13-15-17-19-40-44-48-52-56-60-64-68-72-78(83)77(76-82)81-79(84)73-69-65-61-57-53-49-45-42-38-36-34-32-30-28-26-24-22-21-23-25-27-29-31-33-35-37-39-43-47-51-55-59-63-67-71-75-86-80(85)74-70-66-62-58-54-50-46-41-20-18-16-14-12-10-8-6-4-2/h18,20,23,25,77-78,82-83H,3-17,19,21-22,24,26-76H2,1-2H3,(H,81,84)/b20-18-,25-23-. The summed E-state index contributed by atoms with van der Waals surface area (Å²) in [4.78, 5) is 24.6. The van der Waals surface area contributed by atoms with E-state index in [1.807, 2.05) is 0 Å². The van der Waals surface area contributed by atoms with Crippen molar-refractivity contribution in [3.05, 3.63) is 24.3 Å². The molecule has 0 aliphatic rings. The molecule has 86 heavy (non-hydrogen) atoms. The molecular weight excluding hydrogens is 1050 g/mol. The molecule has 510 valence electrons. The van der Waals surface area contributed by atoms with Gasteiger partial charge in [0.05, 0.1) is 25.4 Å². The summed E-state index contributed by atoms with van der Waals surface area (Å²) in [5, 5.41) is 23.4. The van der Waals surface area contributed by atoms with Crippen LogP contribution in [0.15, 0.2) is 24.3 Å². The highest BCUT2D eigenvalue weighted by molar-refractivity contribution is 5.76. The Bertz CT molecular complexity index is 1350. The summed E-state index contributed by atoms with van der Waals surface area (Å²) in [6, 6.07) is -0.539. The molecule has 2 atom stereocenters. The van der Waals surface area contributed by atoms with E-state index in [0.29, 0.717) is 25.9 Å². The van der Waals surface area contributed by atoms with Crippen molar-refractivity contribution in [1.29, 1.82) is 0 Å². The van der Waals surface area contributed by atoms with Crippen molar-refractivity contribution in [3.63, 3.8) is 0 Å². The number of rotatable bonds is 75. The molecule has 0 fully saturated rings. The Morgan fingerprint density at radius 3 is 0.826 bits per heavy atom. The highest BCUT2D eigenvalue weighted by atomic mass is 16.5. The van der Waals surface area contributed by atoms with Crippen molar-refractivity contribution in [2.75, 3.05) is 13.2 Å². The Morgan fingerprint density at radius 1 is 0.314 bits per heavy atom. The highest BCUT2D eigenvalue weighted by Gasteiger charge is 2.20. The van der Waals surface area contributed by atoms with E-state index in [9.17, 15) is 19.8 Å². The van der Waals surface area contributed by atoms with E-state index >= 15 is 0 Å². The number of unbranched alkanes of at least 4 members (excludes halogenated alkanes) is 60. The Balaban J connectivity index is 3.33. The Kier molecular flexibility index (Phi) is 74.3. The van der Waals surface area contributed by atoms with Gasteiger partial charge in [-0.3, -0.25) is 9.59 Å². The molecule has 2 unspecified atom stereocenters. The van der Waals surface area contributed by atoms with Crippen LogP contribution in [0, 0.1) is 0 Å². The van der Waals surface area contributed by atoms with Crippen LogP contribution in [0.25, 0.3) is 0 Å². The van der Waals surface area contributed by atoms with Crippen LogP contribution in [-0.2, 0) is 14.3 Å². The first kappa shape index (κ1) is 84.3. The van der Waals surface area contributed by atoms with E-state index in [0.717, 1.165) is 44.9 Å². The lowest BCUT2D eigenvalue weighted by atomic mass is 10.0. The minimum Gasteiger partial charge on any atom is -0.466 e. The number of allylic oxidation sites excluding steroid dienone is 4. The number of aliphatic hydroxyl groups excluding tert-OH is 2. The average molecular weight is 1210 g/mol. The number of ether oxygens (including phenoxy) is 1. The lowest BCUT2D eigenvalue weighted by Gasteiger charge is -2.22. The maximum atomic E-state index is 12.5. The summed E-state index contributed by atoms with van der Waals surface area (Å²) in [6.07, 6.45) is 97.0. The lowest BCUT2D eigenvalue weighted by molar-refractivity contribution is -0.143. The summed E-state index contributed by atoms with van der Waals surface area (Å²) in [5.74, 6) is -0.00931. The van der Waals surface area contributed by atoms with Crippen molar-refractivity contribution < 1.29 is 24.5 Å². The highest BCUT2D eigenvalue weighted by Crippen LogP contribution is 2.20. The topological polar surface area (TPSA) is 95.9 Å². The number of amides is 1. The van der Waals surface area contributed by atoms with E-state index < -0.39 is 12.1 Å². The number of carbonyl (C=O) groups excluding carboxylic acids is 2. The van der Waals surface area contributed by atoms with Crippen LogP contribution < -0.4 is 5.32 Å². The Hall–Kier alpha value is -1.66. The molecule has 0 aromatic heterocycles. The SMILES string of the molecule is CCCCCCCC/C=C\CCCCCCCCCC(=O)OCCCCCCCCCCCCCCCC/C=C\CCCCCCCCCCCCCCCCCCCC(=O)NC(CO)C(O)CCCCCCCCCCCCCCCCCCC. The maximum absolute atomic E-state index is 12.5. The van der Waals surface area contributed by atoms with E-state index in [-0.39, 0.29) is 18.5 Å². The van der Waals surface area contributed by atoms with E-state index in [1.54, 1.807) is 0 Å². The number of hydrogen-bond donors (Lipinski definition) is 3. The number of carbonyl (C=O) groups is 2. The molecule has 0 heterocycles. The van der Waals surface area contributed by atoms with Crippen LogP contribution in [0.4, 0.5) is 0 Å². The first-order valence-corrected chi connectivity index (χ1v) is 39.6. The zero-order chi connectivity index (χ0) is 62.0. The number of aliphatic hydroxyl groups is 2. The first-order chi connectivity index (χ1) is 42.5. The summed E-state index contributed by atoms with van der Waals surface area (Å²) in [7, 11) is 0. The Labute approximate surface area is 539 Å². The fourth-order valence-corrected chi connectivity index (χ4v) is 12.7. The molecule has 0 rings (SSSR count). The normalized spacial score (nSPS) is 12.6. The molecular formula is C80H155NO5. The zero-order valence-corrected chi connectivity index (χ0v) is 58.6. The van der Waals surface area contributed by atoms with Gasteiger partial charge in [0.25, 0.3) is 0 Å². The van der Waals surface area contributed by atoms with Gasteiger partial charge in [0, 0.05) is 12.8 Å². The fourth-order valence-electron chi connectivity index (χ4n) is 12.7. The molecule has 0 saturated carbocycles. The van der Waals surface area contributed by atoms with Gasteiger partial charge in [-0.05, 0) is 77.0 Å². The Morgan fingerprint density at radius 2 is 0.547 bits per heavy atom. The third-order valence-corrected chi connectivity index (χ3v) is 18.7. The average Bonchev–Trinajstić information content (AvgIpc) is 3.59. The van der Waals surface area contributed by atoms with Gasteiger partial charge in [-0.1, -0.05) is 385 Å². The first-order valence-electron chi connectivity index (χ1n) is 39.6. The molecule has 0 saturated heterocycles. The van der Waals surface area contributed by atoms with Crippen LogP contribution in [0.1, 0.15) is 450 Å². The van der Waals surface area contributed by atoms with Gasteiger partial charge in [0.2, 0.25) is 5.91 Å². The molecule has 0 aliphatic heterocycles. The smallest absolute Gasteiger partial charge is 0.305 e. The lowest BCUT2D eigenvalue weighted by Crippen LogP contribution is -2.45. The van der Waals surface area contributed by atoms with E-state index in [2.05, 4.69) is 43.5 Å². The molecule has 0 aromatic rings. The number of nitrogens with one attached hydrogen (secondary N) is 1. The van der Waals surface area contributed by atoms with E-state index in [1.165, 1.54) is 372 Å². The van der Waals surface area contributed by atoms with Crippen molar-refractivity contribution in [2.24, 2.45) is 0 Å². The quantitative estimate of drug-likeness (QED) is 0.0320. The zero-order valence-electron chi connectivity index (χ0n) is 58.6. The second-order valence-electron chi connectivity index (χ2n) is 27.4. The second-order valence-corrected chi connectivity index (χ2v) is 27.4. The van der Waals surface area contributed by atoms with Crippen LogP contribution in [0.3, 0.4) is 0 Å². The van der Waals surface area contributed by atoms with Gasteiger partial charge in [0.1, 0.15) is 0 Å². The van der Waals surface area contributed by atoms with Gasteiger partial charge >= 0.3 is 5.97 Å². The van der Waals surface area contributed by atoms with Gasteiger partial charge < -0.3 is 20.3 Å². The summed E-state index contributed by atoms with van der Waals surface area (Å²) >= 11 is 0. The van der Waals surface area contributed by atoms with Crippen LogP contribution >= 0.6 is 0 Å². The van der Waals surface area contributed by atoms with Crippen LogP contribution in [0.2, 0.25) is 0 Å². The minimum atomic E-state index is -0.662. The molecule has 3 N–H and O–H groups in total. The third kappa shape index (κ3) is 71.4. The van der Waals surface area contributed by atoms with Gasteiger partial charge in [-0.2, -0.15) is 0 Å². The van der Waals surface area contributed by atoms with Crippen molar-refractivity contribution in [1.82, 2.24) is 5.32 Å². The third-order valence-electron chi connectivity index (χ3n) is 18.7. The molecule has 6 nitrogen and oxygen atoms in total. The van der Waals surface area contributed by atoms with Gasteiger partial charge in [-0.25, -0.2) is 0 Å². The summed E-state index contributed by atoms with van der Waals surface area (Å²) in [6.45, 7) is 5.00. The molecule has 0 radical (unpaired) electrons. The summed E-state index contributed by atoms with van der Waals surface area (Å²) < 4.78 is 5.51. The van der Waals surface area contributed by atoms with Gasteiger partial charge in [-0.15, -0.1) is 0 Å². The van der Waals surface area contributed by atoms with Crippen LogP contribution in [-0.4, -0.2) is 47.4 Å². The fraction of sp³-hybridized carbons (Fsp3) is 0.925.